The van der Waals surface area contributed by atoms with E-state index in [1.165, 1.54) is 0 Å². The first-order chi connectivity index (χ1) is 4.72. The highest BCUT2D eigenvalue weighted by Crippen LogP contribution is 2.34. The highest BCUT2D eigenvalue weighted by Gasteiger charge is 2.35. The van der Waals surface area contributed by atoms with Crippen molar-refractivity contribution in [3.63, 3.8) is 0 Å². The number of ether oxygens (including phenoxy) is 1. The van der Waals surface area contributed by atoms with E-state index >= 15 is 0 Å². The van der Waals surface area contributed by atoms with Crippen LogP contribution in [0.15, 0.2) is 0 Å². The van der Waals surface area contributed by atoms with Gasteiger partial charge in [0.25, 0.3) is 0 Å². The molecule has 0 unspecified atom stereocenters. The van der Waals surface area contributed by atoms with Crippen LogP contribution in [-0.2, 0) is 4.74 Å². The van der Waals surface area contributed by atoms with Gasteiger partial charge >= 0.3 is 0 Å². The van der Waals surface area contributed by atoms with Crippen molar-refractivity contribution in [2.75, 3.05) is 5.75 Å². The Morgan fingerprint density at radius 2 is 2.20 bits per heavy atom. The van der Waals surface area contributed by atoms with Crippen molar-refractivity contribution in [2.24, 2.45) is 0 Å². The van der Waals surface area contributed by atoms with E-state index in [0.29, 0.717) is 0 Å². The summed E-state index contributed by atoms with van der Waals surface area (Å²) in [6.45, 7) is 4.30. The van der Waals surface area contributed by atoms with Crippen molar-refractivity contribution < 1.29 is 4.74 Å². The van der Waals surface area contributed by atoms with Crippen molar-refractivity contribution in [2.45, 2.75) is 32.3 Å². The smallest absolute Gasteiger partial charge is 0.220 e. The van der Waals surface area contributed by atoms with Crippen LogP contribution in [0.3, 0.4) is 0 Å². The average molecular weight is 176 g/mol. The standard InChI is InChI=1S/C7H12OS2/c1-3-7(4-2)5-10-6(9)8-7/h3-5H2,1-2H3. The van der Waals surface area contributed by atoms with E-state index in [1.807, 2.05) is 0 Å². The van der Waals surface area contributed by atoms with E-state index in [-0.39, 0.29) is 5.60 Å². The normalized spacial score (nSPS) is 22.8. The Morgan fingerprint density at radius 3 is 2.40 bits per heavy atom. The maximum atomic E-state index is 5.54. The fraction of sp³-hybridized carbons (Fsp3) is 0.857. The minimum absolute atomic E-state index is 0.0712. The van der Waals surface area contributed by atoms with Gasteiger partial charge in [0.2, 0.25) is 4.38 Å². The Kier molecular flexibility index (Phi) is 2.58. The van der Waals surface area contributed by atoms with Gasteiger partial charge in [0, 0.05) is 5.75 Å². The van der Waals surface area contributed by atoms with E-state index in [9.17, 15) is 0 Å². The first-order valence-electron chi connectivity index (χ1n) is 3.58. The quantitative estimate of drug-likeness (QED) is 0.599. The summed E-state index contributed by atoms with van der Waals surface area (Å²) in [5.41, 5.74) is 0.0712. The average Bonchev–Trinajstić information content (AvgIpc) is 2.33. The van der Waals surface area contributed by atoms with Gasteiger partial charge in [0.1, 0.15) is 5.60 Å². The van der Waals surface area contributed by atoms with Crippen molar-refractivity contribution >= 4 is 28.4 Å². The molecule has 1 aliphatic rings. The van der Waals surface area contributed by atoms with Crippen LogP contribution in [0.4, 0.5) is 0 Å². The van der Waals surface area contributed by atoms with Gasteiger partial charge in [0.15, 0.2) is 0 Å². The van der Waals surface area contributed by atoms with Crippen molar-refractivity contribution in [1.29, 1.82) is 0 Å². The van der Waals surface area contributed by atoms with Crippen molar-refractivity contribution in [3.05, 3.63) is 0 Å². The molecule has 1 aliphatic heterocycles. The van der Waals surface area contributed by atoms with Gasteiger partial charge in [-0.2, -0.15) is 0 Å². The molecule has 10 heavy (non-hydrogen) atoms. The molecule has 0 amide bonds. The third-order valence-corrected chi connectivity index (χ3v) is 3.47. The van der Waals surface area contributed by atoms with Crippen LogP contribution in [0.2, 0.25) is 0 Å². The summed E-state index contributed by atoms with van der Waals surface area (Å²) in [6, 6.07) is 0. The molecule has 0 aromatic rings. The van der Waals surface area contributed by atoms with Crippen molar-refractivity contribution in [1.82, 2.24) is 0 Å². The van der Waals surface area contributed by atoms with Gasteiger partial charge in [-0.1, -0.05) is 25.6 Å². The number of hydrogen-bond acceptors (Lipinski definition) is 3. The second-order valence-corrected chi connectivity index (χ2v) is 4.11. The lowest BCUT2D eigenvalue weighted by Gasteiger charge is -2.23. The number of thiocarbonyl (C=S) groups is 1. The van der Waals surface area contributed by atoms with E-state index in [2.05, 4.69) is 13.8 Å². The Hall–Kier alpha value is 0.240. The Morgan fingerprint density at radius 1 is 1.60 bits per heavy atom. The molecule has 0 bridgehead atoms. The van der Waals surface area contributed by atoms with E-state index in [0.717, 1.165) is 23.0 Å². The molecule has 1 rings (SSSR count). The highest BCUT2D eigenvalue weighted by atomic mass is 32.2. The van der Waals surface area contributed by atoms with Gasteiger partial charge in [-0.15, -0.1) is 0 Å². The fourth-order valence-corrected chi connectivity index (χ4v) is 2.46. The van der Waals surface area contributed by atoms with E-state index in [4.69, 9.17) is 17.0 Å². The molecule has 0 aliphatic carbocycles. The molecular weight excluding hydrogens is 164 g/mol. The first kappa shape index (κ1) is 8.34. The molecule has 1 heterocycles. The largest absolute Gasteiger partial charge is 0.471 e. The summed E-state index contributed by atoms with van der Waals surface area (Å²) in [5.74, 6) is 1.04. The molecule has 0 aromatic carbocycles. The SMILES string of the molecule is CCC1(CC)CSC(=S)O1. The summed E-state index contributed by atoms with van der Waals surface area (Å²) in [5, 5.41) is 0. The Labute approximate surface area is 71.5 Å². The van der Waals surface area contributed by atoms with E-state index < -0.39 is 0 Å². The van der Waals surface area contributed by atoms with Crippen LogP contribution in [0, 0.1) is 0 Å². The highest BCUT2D eigenvalue weighted by molar-refractivity contribution is 8.22. The number of thioether (sulfide) groups is 1. The summed E-state index contributed by atoms with van der Waals surface area (Å²) < 4.78 is 6.27. The lowest BCUT2D eigenvalue weighted by atomic mass is 10.0. The molecular formula is C7H12OS2. The Bertz CT molecular complexity index is 141. The summed E-state index contributed by atoms with van der Waals surface area (Å²) in [6.07, 6.45) is 2.13. The lowest BCUT2D eigenvalue weighted by molar-refractivity contribution is 0.0897. The predicted molar refractivity (Wildman–Crippen MR) is 49.5 cm³/mol. The zero-order valence-electron chi connectivity index (χ0n) is 6.35. The first-order valence-corrected chi connectivity index (χ1v) is 4.97. The van der Waals surface area contributed by atoms with Crippen LogP contribution in [0.5, 0.6) is 0 Å². The summed E-state index contributed by atoms with van der Waals surface area (Å²) in [4.78, 5) is 0. The summed E-state index contributed by atoms with van der Waals surface area (Å²) in [7, 11) is 0. The molecule has 0 N–H and O–H groups in total. The third kappa shape index (κ3) is 1.45. The van der Waals surface area contributed by atoms with Crippen LogP contribution < -0.4 is 0 Å². The van der Waals surface area contributed by atoms with Crippen molar-refractivity contribution in [3.8, 4) is 0 Å². The van der Waals surface area contributed by atoms with Gasteiger partial charge in [-0.05, 0) is 25.1 Å². The van der Waals surface area contributed by atoms with Crippen LogP contribution in [-0.4, -0.2) is 15.7 Å². The Balaban J connectivity index is 2.59. The molecule has 0 aromatic heterocycles. The molecule has 0 atom stereocenters. The number of rotatable bonds is 2. The molecule has 58 valence electrons. The van der Waals surface area contributed by atoms with Crippen LogP contribution in [0.25, 0.3) is 0 Å². The molecule has 1 fully saturated rings. The molecule has 0 spiro atoms. The van der Waals surface area contributed by atoms with Gasteiger partial charge < -0.3 is 4.74 Å². The predicted octanol–water partition coefficient (Wildman–Crippen LogP) is 2.59. The second-order valence-electron chi connectivity index (χ2n) is 2.53. The summed E-state index contributed by atoms with van der Waals surface area (Å²) >= 11 is 6.60. The van der Waals surface area contributed by atoms with Gasteiger partial charge in [0.05, 0.1) is 0 Å². The van der Waals surface area contributed by atoms with E-state index in [1.54, 1.807) is 11.8 Å². The third-order valence-electron chi connectivity index (χ3n) is 2.04. The fourth-order valence-electron chi connectivity index (χ4n) is 1.02. The molecule has 0 saturated carbocycles. The monoisotopic (exact) mass is 176 g/mol. The zero-order chi connectivity index (χ0) is 7.61. The minimum Gasteiger partial charge on any atom is -0.471 e. The van der Waals surface area contributed by atoms with Gasteiger partial charge in [-0.25, -0.2) is 0 Å². The minimum atomic E-state index is 0.0712. The lowest BCUT2D eigenvalue weighted by Crippen LogP contribution is -2.29. The van der Waals surface area contributed by atoms with Crippen LogP contribution in [0.1, 0.15) is 26.7 Å². The molecule has 0 radical (unpaired) electrons. The molecule has 1 nitrogen and oxygen atoms in total. The topological polar surface area (TPSA) is 9.23 Å². The molecule has 3 heteroatoms. The maximum Gasteiger partial charge on any atom is 0.220 e. The zero-order valence-corrected chi connectivity index (χ0v) is 7.98. The van der Waals surface area contributed by atoms with Crippen LogP contribution >= 0.6 is 24.0 Å². The molecule has 1 saturated heterocycles. The van der Waals surface area contributed by atoms with Gasteiger partial charge in [-0.3, -0.25) is 0 Å². The second kappa shape index (κ2) is 3.09. The number of hydrogen-bond donors (Lipinski definition) is 0. The maximum absolute atomic E-state index is 5.54.